The summed E-state index contributed by atoms with van der Waals surface area (Å²) in [7, 11) is 0. The molecule has 0 saturated carbocycles. The summed E-state index contributed by atoms with van der Waals surface area (Å²) in [5.41, 5.74) is 6.73. The smallest absolute Gasteiger partial charge is 0.169 e. The van der Waals surface area contributed by atoms with Gasteiger partial charge in [0.15, 0.2) is 12.6 Å². The lowest BCUT2D eigenvalue weighted by Crippen LogP contribution is -2.38. The maximum atomic E-state index is 8.88. The van der Waals surface area contributed by atoms with E-state index in [0.717, 1.165) is 0 Å². The molecule has 16 heavy (non-hydrogen) atoms. The number of hydrogen-bond acceptors (Lipinski definition) is 6. The molecule has 0 amide bonds. The SMILES string of the molecule is Nc1ccc(N(CC(O)O)CC(O)O)cc1. The first-order valence-electron chi connectivity index (χ1n) is 4.82. The second kappa shape index (κ2) is 5.66. The topological polar surface area (TPSA) is 110 Å². The highest BCUT2D eigenvalue weighted by atomic mass is 16.5. The summed E-state index contributed by atoms with van der Waals surface area (Å²) in [6.45, 7) is -0.219. The van der Waals surface area contributed by atoms with Crippen molar-refractivity contribution < 1.29 is 20.4 Å². The average molecular weight is 228 g/mol. The van der Waals surface area contributed by atoms with Gasteiger partial charge in [-0.05, 0) is 24.3 Å². The molecule has 1 rings (SSSR count). The number of nitrogen functional groups attached to an aromatic ring is 1. The van der Waals surface area contributed by atoms with Gasteiger partial charge < -0.3 is 31.1 Å². The summed E-state index contributed by atoms with van der Waals surface area (Å²) >= 11 is 0. The van der Waals surface area contributed by atoms with Crippen LogP contribution >= 0.6 is 0 Å². The Bertz CT molecular complexity index is 303. The van der Waals surface area contributed by atoms with Gasteiger partial charge in [0.25, 0.3) is 0 Å². The minimum absolute atomic E-state index is 0.110. The Morgan fingerprint density at radius 1 is 0.938 bits per heavy atom. The number of nitrogens with zero attached hydrogens (tertiary/aromatic N) is 1. The minimum atomic E-state index is -1.55. The van der Waals surface area contributed by atoms with Crippen LogP contribution in [0.15, 0.2) is 24.3 Å². The van der Waals surface area contributed by atoms with Crippen LogP contribution in [0.2, 0.25) is 0 Å². The Morgan fingerprint density at radius 3 is 1.75 bits per heavy atom. The van der Waals surface area contributed by atoms with E-state index in [0.29, 0.717) is 11.4 Å². The van der Waals surface area contributed by atoms with E-state index in [9.17, 15) is 0 Å². The van der Waals surface area contributed by atoms with Crippen molar-refractivity contribution in [2.24, 2.45) is 0 Å². The molecule has 0 fully saturated rings. The first-order chi connectivity index (χ1) is 7.49. The molecule has 0 spiro atoms. The van der Waals surface area contributed by atoms with Gasteiger partial charge in [0.1, 0.15) is 0 Å². The van der Waals surface area contributed by atoms with Crippen molar-refractivity contribution >= 4 is 11.4 Å². The standard InChI is InChI=1S/C10H16N2O4/c11-7-1-3-8(4-2-7)12(5-9(13)14)6-10(15)16/h1-4,9-10,13-16H,5-6,11H2. The predicted molar refractivity (Wildman–Crippen MR) is 59.5 cm³/mol. The Kier molecular flexibility index (Phi) is 4.51. The van der Waals surface area contributed by atoms with Crippen LogP contribution in [0.4, 0.5) is 11.4 Å². The number of aliphatic hydroxyl groups is 4. The highest BCUT2D eigenvalue weighted by Gasteiger charge is 2.13. The lowest BCUT2D eigenvalue weighted by molar-refractivity contribution is -0.0481. The van der Waals surface area contributed by atoms with Crippen LogP contribution in [0.1, 0.15) is 0 Å². The number of rotatable bonds is 5. The fourth-order valence-electron chi connectivity index (χ4n) is 1.36. The van der Waals surface area contributed by atoms with E-state index < -0.39 is 12.6 Å². The molecular weight excluding hydrogens is 212 g/mol. The van der Waals surface area contributed by atoms with E-state index in [1.165, 1.54) is 4.90 Å². The Morgan fingerprint density at radius 2 is 1.38 bits per heavy atom. The largest absolute Gasteiger partial charge is 0.399 e. The summed E-state index contributed by atoms with van der Waals surface area (Å²) < 4.78 is 0. The minimum Gasteiger partial charge on any atom is -0.399 e. The van der Waals surface area contributed by atoms with E-state index in [-0.39, 0.29) is 13.1 Å². The van der Waals surface area contributed by atoms with Crippen molar-refractivity contribution in [3.63, 3.8) is 0 Å². The van der Waals surface area contributed by atoms with Crippen LogP contribution in [0.3, 0.4) is 0 Å². The molecule has 0 saturated heterocycles. The summed E-state index contributed by atoms with van der Waals surface area (Å²) in [6.07, 6.45) is -3.09. The zero-order valence-corrected chi connectivity index (χ0v) is 8.69. The molecule has 1 aromatic carbocycles. The van der Waals surface area contributed by atoms with E-state index in [1.54, 1.807) is 24.3 Å². The number of benzene rings is 1. The fraction of sp³-hybridized carbons (Fsp3) is 0.400. The van der Waals surface area contributed by atoms with Gasteiger partial charge in [-0.2, -0.15) is 0 Å². The quantitative estimate of drug-likeness (QED) is 0.316. The molecule has 0 aliphatic rings. The Balaban J connectivity index is 2.78. The highest BCUT2D eigenvalue weighted by molar-refractivity contribution is 5.53. The third-order valence-electron chi connectivity index (χ3n) is 2.03. The zero-order chi connectivity index (χ0) is 12.1. The van der Waals surface area contributed by atoms with Crippen LogP contribution in [0.5, 0.6) is 0 Å². The van der Waals surface area contributed by atoms with Crippen molar-refractivity contribution in [3.05, 3.63) is 24.3 Å². The molecule has 90 valence electrons. The molecule has 6 heteroatoms. The van der Waals surface area contributed by atoms with Gasteiger partial charge in [-0.15, -0.1) is 0 Å². The third-order valence-corrected chi connectivity index (χ3v) is 2.03. The van der Waals surface area contributed by atoms with E-state index in [4.69, 9.17) is 26.2 Å². The molecule has 0 atom stereocenters. The zero-order valence-electron chi connectivity index (χ0n) is 8.69. The lowest BCUT2D eigenvalue weighted by atomic mass is 10.2. The summed E-state index contributed by atoms with van der Waals surface area (Å²) in [5.74, 6) is 0. The summed E-state index contributed by atoms with van der Waals surface area (Å²) in [5, 5.41) is 35.5. The highest BCUT2D eigenvalue weighted by Crippen LogP contribution is 2.16. The van der Waals surface area contributed by atoms with Crippen molar-refractivity contribution in [1.29, 1.82) is 0 Å². The molecule has 0 aliphatic carbocycles. The first-order valence-corrected chi connectivity index (χ1v) is 4.82. The molecule has 0 bridgehead atoms. The van der Waals surface area contributed by atoms with E-state index in [2.05, 4.69) is 0 Å². The molecule has 0 unspecified atom stereocenters. The molecule has 0 radical (unpaired) electrons. The second-order valence-corrected chi connectivity index (χ2v) is 3.46. The number of anilines is 2. The van der Waals surface area contributed by atoms with E-state index in [1.807, 2.05) is 0 Å². The van der Waals surface area contributed by atoms with Crippen LogP contribution in [0, 0.1) is 0 Å². The monoisotopic (exact) mass is 228 g/mol. The summed E-state index contributed by atoms with van der Waals surface area (Å²) in [6, 6.07) is 6.63. The molecule has 0 heterocycles. The number of nitrogens with two attached hydrogens (primary N) is 1. The molecule has 0 aromatic heterocycles. The molecule has 6 nitrogen and oxygen atoms in total. The molecule has 1 aromatic rings. The Hall–Kier alpha value is -1.34. The fourth-order valence-corrected chi connectivity index (χ4v) is 1.36. The average Bonchev–Trinajstić information content (AvgIpc) is 2.16. The van der Waals surface area contributed by atoms with Crippen molar-refractivity contribution in [2.75, 3.05) is 23.7 Å². The molecule has 0 aliphatic heterocycles. The van der Waals surface area contributed by atoms with Crippen molar-refractivity contribution in [2.45, 2.75) is 12.6 Å². The van der Waals surface area contributed by atoms with Gasteiger partial charge >= 0.3 is 0 Å². The molecule has 6 N–H and O–H groups in total. The number of hydrogen-bond donors (Lipinski definition) is 5. The predicted octanol–water partition coefficient (Wildman–Crippen LogP) is -1.30. The summed E-state index contributed by atoms with van der Waals surface area (Å²) in [4.78, 5) is 1.44. The van der Waals surface area contributed by atoms with Gasteiger partial charge in [0.2, 0.25) is 0 Å². The number of aliphatic hydroxyl groups excluding tert-OH is 2. The van der Waals surface area contributed by atoms with Crippen LogP contribution in [0.25, 0.3) is 0 Å². The van der Waals surface area contributed by atoms with Crippen molar-refractivity contribution in [3.8, 4) is 0 Å². The van der Waals surface area contributed by atoms with Gasteiger partial charge in [-0.3, -0.25) is 0 Å². The first kappa shape index (κ1) is 12.7. The van der Waals surface area contributed by atoms with Gasteiger partial charge in [-0.25, -0.2) is 0 Å². The normalized spacial score (nSPS) is 11.1. The second-order valence-electron chi connectivity index (χ2n) is 3.46. The maximum absolute atomic E-state index is 8.88. The molecular formula is C10H16N2O4. The van der Waals surface area contributed by atoms with Crippen LogP contribution < -0.4 is 10.6 Å². The maximum Gasteiger partial charge on any atom is 0.169 e. The Labute approximate surface area is 93.2 Å². The van der Waals surface area contributed by atoms with Crippen molar-refractivity contribution in [1.82, 2.24) is 0 Å². The van der Waals surface area contributed by atoms with Gasteiger partial charge in [0, 0.05) is 11.4 Å². The van der Waals surface area contributed by atoms with Gasteiger partial charge in [0.05, 0.1) is 13.1 Å². The van der Waals surface area contributed by atoms with Gasteiger partial charge in [-0.1, -0.05) is 0 Å². The van der Waals surface area contributed by atoms with Crippen LogP contribution in [-0.4, -0.2) is 46.1 Å². The lowest BCUT2D eigenvalue weighted by Gasteiger charge is -2.26. The van der Waals surface area contributed by atoms with E-state index >= 15 is 0 Å². The van der Waals surface area contributed by atoms with Crippen LogP contribution in [-0.2, 0) is 0 Å². The third kappa shape index (κ3) is 4.03.